The Kier molecular flexibility index (Phi) is 6.10. The fourth-order valence-electron chi connectivity index (χ4n) is 4.54. The number of allylic oxidation sites excluding steroid dienone is 2. The molecule has 0 spiro atoms. The quantitative estimate of drug-likeness (QED) is 0.382. The van der Waals surface area contributed by atoms with Gasteiger partial charge in [0.25, 0.3) is 5.69 Å². The van der Waals surface area contributed by atoms with Crippen molar-refractivity contribution >= 4 is 23.1 Å². The van der Waals surface area contributed by atoms with Crippen molar-refractivity contribution in [1.82, 2.24) is 0 Å². The van der Waals surface area contributed by atoms with Crippen LogP contribution in [0.2, 0.25) is 0 Å². The molecule has 0 amide bonds. The van der Waals surface area contributed by atoms with Crippen LogP contribution in [-0.4, -0.2) is 23.8 Å². The van der Waals surface area contributed by atoms with Gasteiger partial charge in [0.2, 0.25) is 0 Å². The van der Waals surface area contributed by atoms with E-state index >= 15 is 0 Å². The first-order valence-electron chi connectivity index (χ1n) is 10.6. The van der Waals surface area contributed by atoms with E-state index in [1.165, 1.54) is 41.3 Å². The summed E-state index contributed by atoms with van der Waals surface area (Å²) in [5.74, 6) is -2.32. The number of nitrogens with zero attached hydrogens (tertiary/aromatic N) is 2. The molecule has 1 atom stereocenters. The summed E-state index contributed by atoms with van der Waals surface area (Å²) in [5, 5.41) is 11.1. The largest absolute Gasteiger partial charge is 0.466 e. The number of methoxy groups -OCH3 is 1. The van der Waals surface area contributed by atoms with Gasteiger partial charge in [-0.2, -0.15) is 13.2 Å². The Labute approximate surface area is 197 Å². The minimum absolute atomic E-state index is 0.0445. The number of Topliss-reactive ketones (excluding diaryl/α,β-unsaturated/α-hetero) is 1. The number of alkyl halides is 3. The number of carbonyl (C=O) groups excluding carboxylic acids is 2. The molecule has 11 heteroatoms. The van der Waals surface area contributed by atoms with Crippen LogP contribution >= 0.6 is 0 Å². The molecule has 2 aliphatic rings. The van der Waals surface area contributed by atoms with Crippen LogP contribution in [0.25, 0.3) is 0 Å². The van der Waals surface area contributed by atoms with Crippen LogP contribution in [0.3, 0.4) is 0 Å². The smallest absolute Gasteiger partial charge is 0.416 e. The summed E-state index contributed by atoms with van der Waals surface area (Å²) in [6.45, 7) is 0. The topological polar surface area (TPSA) is 116 Å². The lowest BCUT2D eigenvalue weighted by Gasteiger charge is -2.40. The van der Waals surface area contributed by atoms with Crippen LogP contribution in [0.5, 0.6) is 0 Å². The lowest BCUT2D eigenvalue weighted by molar-refractivity contribution is -0.384. The van der Waals surface area contributed by atoms with Crippen LogP contribution in [-0.2, 0) is 20.5 Å². The van der Waals surface area contributed by atoms with Crippen LogP contribution in [0.15, 0.2) is 71.2 Å². The van der Waals surface area contributed by atoms with Gasteiger partial charge in [-0.25, -0.2) is 4.79 Å². The molecule has 35 heavy (non-hydrogen) atoms. The molecule has 1 aliphatic heterocycles. The van der Waals surface area contributed by atoms with E-state index in [9.17, 15) is 32.9 Å². The molecule has 2 aromatic carbocycles. The highest BCUT2D eigenvalue weighted by molar-refractivity contribution is 6.05. The Morgan fingerprint density at radius 2 is 1.86 bits per heavy atom. The maximum atomic E-state index is 13.4. The fourth-order valence-corrected chi connectivity index (χ4v) is 4.54. The molecule has 4 rings (SSSR count). The number of nitro benzene ring substituents is 1. The Bertz CT molecular complexity index is 1280. The second-order valence-corrected chi connectivity index (χ2v) is 8.09. The molecular weight excluding hydrogens is 467 g/mol. The number of ketones is 1. The van der Waals surface area contributed by atoms with Gasteiger partial charge in [0.1, 0.15) is 5.82 Å². The first-order valence-corrected chi connectivity index (χ1v) is 10.6. The van der Waals surface area contributed by atoms with Gasteiger partial charge in [0, 0.05) is 35.5 Å². The highest BCUT2D eigenvalue weighted by Crippen LogP contribution is 2.47. The van der Waals surface area contributed by atoms with E-state index in [2.05, 4.69) is 0 Å². The molecule has 1 heterocycles. The zero-order chi connectivity index (χ0) is 25.5. The zero-order valence-corrected chi connectivity index (χ0v) is 18.5. The Balaban J connectivity index is 1.97. The summed E-state index contributed by atoms with van der Waals surface area (Å²) >= 11 is 0. The maximum Gasteiger partial charge on any atom is 0.416 e. The number of ether oxygens (including phenoxy) is 1. The second-order valence-electron chi connectivity index (χ2n) is 8.09. The third kappa shape index (κ3) is 4.25. The van der Waals surface area contributed by atoms with Crippen molar-refractivity contribution in [3.05, 3.63) is 92.4 Å². The SMILES string of the molecule is COC(=O)C1=C(N)N(c2cccc(C(F)(F)F)c2)C2=C(C(=O)CCC2)[C@@H]1c1ccc([N+](=O)[O-])cc1. The second kappa shape index (κ2) is 8.90. The number of hydrogen-bond donors (Lipinski definition) is 1. The number of non-ortho nitro benzene ring substituents is 1. The molecule has 2 aromatic rings. The number of nitro groups is 1. The highest BCUT2D eigenvalue weighted by Gasteiger charge is 2.43. The first kappa shape index (κ1) is 24.0. The lowest BCUT2D eigenvalue weighted by atomic mass is 9.75. The van der Waals surface area contributed by atoms with E-state index in [-0.39, 0.29) is 40.5 Å². The predicted octanol–water partition coefficient (Wildman–Crippen LogP) is 4.57. The van der Waals surface area contributed by atoms with Crippen molar-refractivity contribution in [3.63, 3.8) is 0 Å². The standard InChI is InChI=1S/C24H20F3N3O5/c1-35-23(32)21-19(13-8-10-15(11-9-13)30(33)34)20-17(6-3-7-18(20)31)29(22(21)28)16-5-2-4-14(12-16)24(25,26)27/h2,4-5,8-12,19H,3,6-7,28H2,1H3/t19-/m0/s1. The van der Waals surface area contributed by atoms with E-state index in [1.54, 1.807) is 0 Å². The maximum absolute atomic E-state index is 13.4. The fraction of sp³-hybridized carbons (Fsp3) is 0.250. The summed E-state index contributed by atoms with van der Waals surface area (Å²) in [5.41, 5.74) is 6.22. The molecule has 2 N–H and O–H groups in total. The summed E-state index contributed by atoms with van der Waals surface area (Å²) in [4.78, 5) is 37.9. The van der Waals surface area contributed by atoms with Crippen molar-refractivity contribution in [2.24, 2.45) is 5.73 Å². The van der Waals surface area contributed by atoms with Crippen LogP contribution in [0.4, 0.5) is 24.5 Å². The molecule has 0 saturated carbocycles. The van der Waals surface area contributed by atoms with Crippen molar-refractivity contribution in [2.75, 3.05) is 12.0 Å². The molecule has 0 unspecified atom stereocenters. The van der Waals surface area contributed by atoms with E-state index in [0.717, 1.165) is 19.2 Å². The molecular formula is C24H20F3N3O5. The summed E-state index contributed by atoms with van der Waals surface area (Å²) in [7, 11) is 1.12. The normalized spacial score (nSPS) is 18.5. The van der Waals surface area contributed by atoms with Gasteiger partial charge in [-0.15, -0.1) is 0 Å². The first-order chi connectivity index (χ1) is 16.5. The number of esters is 1. The van der Waals surface area contributed by atoms with Crippen molar-refractivity contribution < 1.29 is 32.4 Å². The lowest BCUT2D eigenvalue weighted by Crippen LogP contribution is -2.41. The molecule has 0 radical (unpaired) electrons. The Morgan fingerprint density at radius 1 is 1.17 bits per heavy atom. The van der Waals surface area contributed by atoms with Crippen molar-refractivity contribution in [3.8, 4) is 0 Å². The van der Waals surface area contributed by atoms with E-state index in [4.69, 9.17) is 10.5 Å². The number of anilines is 1. The minimum atomic E-state index is -4.61. The third-order valence-corrected chi connectivity index (χ3v) is 6.07. The van der Waals surface area contributed by atoms with Crippen LogP contribution in [0, 0.1) is 10.1 Å². The van der Waals surface area contributed by atoms with Gasteiger partial charge in [-0.3, -0.25) is 19.8 Å². The molecule has 1 aliphatic carbocycles. The number of rotatable bonds is 4. The average Bonchev–Trinajstić information content (AvgIpc) is 2.82. The van der Waals surface area contributed by atoms with Gasteiger partial charge in [0.05, 0.1) is 29.1 Å². The zero-order valence-electron chi connectivity index (χ0n) is 18.5. The Morgan fingerprint density at radius 3 is 2.46 bits per heavy atom. The van der Waals surface area contributed by atoms with Crippen molar-refractivity contribution in [2.45, 2.75) is 31.4 Å². The molecule has 182 valence electrons. The summed E-state index contributed by atoms with van der Waals surface area (Å²) < 4.78 is 45.2. The average molecular weight is 487 g/mol. The van der Waals surface area contributed by atoms with E-state index in [1.807, 2.05) is 0 Å². The van der Waals surface area contributed by atoms with Gasteiger partial charge in [-0.05, 0) is 36.6 Å². The van der Waals surface area contributed by atoms with Gasteiger partial charge < -0.3 is 10.5 Å². The molecule has 0 saturated heterocycles. The van der Waals surface area contributed by atoms with Gasteiger partial charge in [-0.1, -0.05) is 18.2 Å². The highest BCUT2D eigenvalue weighted by atomic mass is 19.4. The number of hydrogen-bond acceptors (Lipinski definition) is 7. The van der Waals surface area contributed by atoms with Crippen LogP contribution < -0.4 is 10.6 Å². The number of halogens is 3. The minimum Gasteiger partial charge on any atom is -0.466 e. The summed E-state index contributed by atoms with van der Waals surface area (Å²) in [6.07, 6.45) is -3.67. The number of nitrogens with two attached hydrogens (primary N) is 1. The molecule has 0 bridgehead atoms. The molecule has 8 nitrogen and oxygen atoms in total. The molecule has 0 fully saturated rings. The number of carbonyl (C=O) groups is 2. The molecule has 0 aromatic heterocycles. The Hall–Kier alpha value is -4.15. The van der Waals surface area contributed by atoms with Crippen LogP contribution in [0.1, 0.15) is 36.3 Å². The monoisotopic (exact) mass is 487 g/mol. The third-order valence-electron chi connectivity index (χ3n) is 6.07. The number of benzene rings is 2. The van der Waals surface area contributed by atoms with Gasteiger partial charge >= 0.3 is 12.1 Å². The van der Waals surface area contributed by atoms with E-state index in [0.29, 0.717) is 24.1 Å². The summed E-state index contributed by atoms with van der Waals surface area (Å²) in [6, 6.07) is 9.77. The van der Waals surface area contributed by atoms with E-state index < -0.39 is 28.6 Å². The van der Waals surface area contributed by atoms with Crippen molar-refractivity contribution in [1.29, 1.82) is 0 Å². The van der Waals surface area contributed by atoms with Gasteiger partial charge in [0.15, 0.2) is 5.78 Å². The predicted molar refractivity (Wildman–Crippen MR) is 119 cm³/mol.